The number of fused-ring (bicyclic) bond motifs is 1. The van der Waals surface area contributed by atoms with Gasteiger partial charge < -0.3 is 15.4 Å². The highest BCUT2D eigenvalue weighted by Crippen LogP contribution is 2.29. The number of amides is 1. The van der Waals surface area contributed by atoms with Crippen LogP contribution in [0.5, 0.6) is 5.75 Å². The van der Waals surface area contributed by atoms with E-state index in [0.29, 0.717) is 13.0 Å². The zero-order valence-electron chi connectivity index (χ0n) is 10.9. The van der Waals surface area contributed by atoms with Crippen molar-refractivity contribution in [3.8, 4) is 5.75 Å². The van der Waals surface area contributed by atoms with E-state index in [1.165, 1.54) is 0 Å². The topological polar surface area (TPSA) is 55.6 Å². The molecule has 2 N–H and O–H groups in total. The highest BCUT2D eigenvalue weighted by atomic mass is 16.5. The second kappa shape index (κ2) is 5.40. The van der Waals surface area contributed by atoms with Gasteiger partial charge in [0.15, 0.2) is 6.10 Å². The first-order valence-corrected chi connectivity index (χ1v) is 6.34. The van der Waals surface area contributed by atoms with E-state index in [2.05, 4.69) is 0 Å². The van der Waals surface area contributed by atoms with Crippen LogP contribution in [0.15, 0.2) is 24.3 Å². The molecular weight excluding hydrogens is 228 g/mol. The Labute approximate surface area is 108 Å². The third-order valence-corrected chi connectivity index (χ3v) is 3.52. The molecule has 0 fully saturated rings. The Bertz CT molecular complexity index is 409. The number of para-hydroxylation sites is 1. The van der Waals surface area contributed by atoms with Gasteiger partial charge in [0.1, 0.15) is 5.75 Å². The molecule has 0 saturated heterocycles. The Morgan fingerprint density at radius 1 is 1.56 bits per heavy atom. The van der Waals surface area contributed by atoms with Crippen molar-refractivity contribution in [2.24, 2.45) is 5.73 Å². The van der Waals surface area contributed by atoms with Crippen LogP contribution in [0.25, 0.3) is 0 Å². The van der Waals surface area contributed by atoms with E-state index >= 15 is 0 Å². The van der Waals surface area contributed by atoms with Crippen molar-refractivity contribution >= 4 is 5.91 Å². The zero-order valence-corrected chi connectivity index (χ0v) is 10.9. The van der Waals surface area contributed by atoms with Crippen LogP contribution < -0.4 is 10.5 Å². The molecule has 1 aromatic rings. The van der Waals surface area contributed by atoms with Crippen molar-refractivity contribution in [3.05, 3.63) is 29.8 Å². The Morgan fingerprint density at radius 2 is 2.28 bits per heavy atom. The Balaban J connectivity index is 2.00. The predicted octanol–water partition coefficient (Wildman–Crippen LogP) is 1.19. The lowest BCUT2D eigenvalue weighted by molar-refractivity contribution is -0.138. The molecule has 2 unspecified atom stereocenters. The van der Waals surface area contributed by atoms with Crippen LogP contribution in [0.1, 0.15) is 18.9 Å². The van der Waals surface area contributed by atoms with E-state index in [9.17, 15) is 4.79 Å². The van der Waals surface area contributed by atoms with E-state index in [1.54, 1.807) is 4.90 Å². The van der Waals surface area contributed by atoms with Gasteiger partial charge in [-0.15, -0.1) is 0 Å². The fourth-order valence-electron chi connectivity index (χ4n) is 2.20. The summed E-state index contributed by atoms with van der Waals surface area (Å²) in [4.78, 5) is 14.0. The summed E-state index contributed by atoms with van der Waals surface area (Å²) < 4.78 is 5.70. The molecule has 1 heterocycles. The van der Waals surface area contributed by atoms with Gasteiger partial charge in [-0.05, 0) is 31.5 Å². The molecule has 1 aliphatic heterocycles. The molecule has 4 heteroatoms. The number of hydrogen-bond acceptors (Lipinski definition) is 3. The highest BCUT2D eigenvalue weighted by Gasteiger charge is 2.32. The monoisotopic (exact) mass is 248 g/mol. The lowest BCUT2D eigenvalue weighted by Crippen LogP contribution is -2.44. The quantitative estimate of drug-likeness (QED) is 0.870. The normalized spacial score (nSPS) is 18.9. The predicted molar refractivity (Wildman–Crippen MR) is 70.5 cm³/mol. The summed E-state index contributed by atoms with van der Waals surface area (Å²) >= 11 is 0. The van der Waals surface area contributed by atoms with Gasteiger partial charge in [0, 0.05) is 19.5 Å². The van der Waals surface area contributed by atoms with Crippen LogP contribution in [0.2, 0.25) is 0 Å². The number of likely N-dealkylation sites (N-methyl/N-ethyl adjacent to an activating group) is 1. The molecule has 2 atom stereocenters. The SMILES string of the molecule is CC(CCN)N(C)C(=O)C1Cc2ccccc2O1. The smallest absolute Gasteiger partial charge is 0.263 e. The van der Waals surface area contributed by atoms with Gasteiger partial charge in [-0.25, -0.2) is 0 Å². The van der Waals surface area contributed by atoms with Gasteiger partial charge in [0.05, 0.1) is 0 Å². The molecule has 4 nitrogen and oxygen atoms in total. The molecule has 0 bridgehead atoms. The lowest BCUT2D eigenvalue weighted by Gasteiger charge is -2.26. The fourth-order valence-corrected chi connectivity index (χ4v) is 2.20. The van der Waals surface area contributed by atoms with Crippen LogP contribution >= 0.6 is 0 Å². The minimum Gasteiger partial charge on any atom is -0.480 e. The molecule has 2 rings (SSSR count). The first-order valence-electron chi connectivity index (χ1n) is 6.34. The van der Waals surface area contributed by atoms with Gasteiger partial charge in [0.25, 0.3) is 5.91 Å². The average Bonchev–Trinajstić information content (AvgIpc) is 2.81. The van der Waals surface area contributed by atoms with Crippen molar-refractivity contribution in [1.29, 1.82) is 0 Å². The van der Waals surface area contributed by atoms with Crippen LogP contribution in [0, 0.1) is 0 Å². The van der Waals surface area contributed by atoms with Crippen LogP contribution in [-0.4, -0.2) is 36.5 Å². The van der Waals surface area contributed by atoms with Gasteiger partial charge >= 0.3 is 0 Å². The number of nitrogens with two attached hydrogens (primary N) is 1. The van der Waals surface area contributed by atoms with Gasteiger partial charge in [-0.3, -0.25) is 4.79 Å². The Morgan fingerprint density at radius 3 is 2.94 bits per heavy atom. The number of carbonyl (C=O) groups is 1. The molecule has 1 aliphatic rings. The summed E-state index contributed by atoms with van der Waals surface area (Å²) in [6.45, 7) is 2.59. The number of nitrogens with zero attached hydrogens (tertiary/aromatic N) is 1. The largest absolute Gasteiger partial charge is 0.480 e. The molecule has 1 amide bonds. The number of rotatable bonds is 4. The molecule has 0 spiro atoms. The molecule has 0 aliphatic carbocycles. The third-order valence-electron chi connectivity index (χ3n) is 3.52. The second-order valence-corrected chi connectivity index (χ2v) is 4.79. The van der Waals surface area contributed by atoms with Crippen LogP contribution in [-0.2, 0) is 11.2 Å². The van der Waals surface area contributed by atoms with E-state index in [-0.39, 0.29) is 18.1 Å². The summed E-state index contributed by atoms with van der Waals surface area (Å²) in [7, 11) is 1.81. The maximum Gasteiger partial charge on any atom is 0.263 e. The van der Waals surface area contributed by atoms with Crippen molar-refractivity contribution in [3.63, 3.8) is 0 Å². The number of benzene rings is 1. The van der Waals surface area contributed by atoms with E-state index in [1.807, 2.05) is 38.2 Å². The van der Waals surface area contributed by atoms with E-state index in [0.717, 1.165) is 17.7 Å². The number of ether oxygens (including phenoxy) is 1. The fraction of sp³-hybridized carbons (Fsp3) is 0.500. The first-order chi connectivity index (χ1) is 8.63. The summed E-state index contributed by atoms with van der Waals surface area (Å²) in [5, 5.41) is 0. The van der Waals surface area contributed by atoms with Gasteiger partial charge in [-0.2, -0.15) is 0 Å². The zero-order chi connectivity index (χ0) is 13.1. The summed E-state index contributed by atoms with van der Waals surface area (Å²) in [5.41, 5.74) is 6.63. The molecule has 0 aromatic heterocycles. The summed E-state index contributed by atoms with van der Waals surface area (Å²) in [6, 6.07) is 7.95. The average molecular weight is 248 g/mol. The third kappa shape index (κ3) is 2.48. The first kappa shape index (κ1) is 12.9. The van der Waals surface area contributed by atoms with Crippen molar-refractivity contribution < 1.29 is 9.53 Å². The highest BCUT2D eigenvalue weighted by molar-refractivity contribution is 5.82. The van der Waals surface area contributed by atoms with Crippen molar-refractivity contribution in [1.82, 2.24) is 4.90 Å². The molecule has 0 saturated carbocycles. The molecular formula is C14H20N2O2. The molecule has 98 valence electrons. The van der Waals surface area contributed by atoms with E-state index in [4.69, 9.17) is 10.5 Å². The lowest BCUT2D eigenvalue weighted by atomic mass is 10.1. The number of carbonyl (C=O) groups excluding carboxylic acids is 1. The second-order valence-electron chi connectivity index (χ2n) is 4.79. The maximum atomic E-state index is 12.3. The molecule has 0 radical (unpaired) electrons. The minimum absolute atomic E-state index is 0.0344. The Hall–Kier alpha value is -1.55. The molecule has 18 heavy (non-hydrogen) atoms. The minimum atomic E-state index is -0.382. The number of hydrogen-bond donors (Lipinski definition) is 1. The van der Waals surface area contributed by atoms with Gasteiger partial charge in [0.2, 0.25) is 0 Å². The van der Waals surface area contributed by atoms with Crippen LogP contribution in [0.3, 0.4) is 0 Å². The standard InChI is InChI=1S/C14H20N2O2/c1-10(7-8-15)16(2)14(17)13-9-11-5-3-4-6-12(11)18-13/h3-6,10,13H,7-9,15H2,1-2H3. The Kier molecular flexibility index (Phi) is 3.87. The van der Waals surface area contributed by atoms with Crippen LogP contribution in [0.4, 0.5) is 0 Å². The maximum absolute atomic E-state index is 12.3. The van der Waals surface area contributed by atoms with Crippen molar-refractivity contribution in [2.75, 3.05) is 13.6 Å². The summed E-state index contributed by atoms with van der Waals surface area (Å²) in [5.74, 6) is 0.864. The molecule has 1 aromatic carbocycles. The van der Waals surface area contributed by atoms with Crippen molar-refractivity contribution in [2.45, 2.75) is 31.9 Å². The van der Waals surface area contributed by atoms with Gasteiger partial charge in [-0.1, -0.05) is 18.2 Å². The summed E-state index contributed by atoms with van der Waals surface area (Å²) in [6.07, 6.45) is 1.09. The van der Waals surface area contributed by atoms with E-state index < -0.39 is 0 Å².